The molecule has 1 atom stereocenters. The number of nitrogens with zero attached hydrogens (tertiary/aromatic N) is 4. The smallest absolute Gasteiger partial charge is 0.275 e. The summed E-state index contributed by atoms with van der Waals surface area (Å²) in [4.78, 5) is 28.9. The van der Waals surface area contributed by atoms with Gasteiger partial charge in [0.1, 0.15) is 5.82 Å². The van der Waals surface area contributed by atoms with Crippen molar-refractivity contribution in [2.24, 2.45) is 7.05 Å². The summed E-state index contributed by atoms with van der Waals surface area (Å²) in [6, 6.07) is 5.54. The Labute approximate surface area is 159 Å². The molecule has 8 heteroatoms. The largest absolute Gasteiger partial charge is 0.332 e. The summed E-state index contributed by atoms with van der Waals surface area (Å²) in [5.41, 5.74) is 0.894. The molecule has 1 aromatic heterocycles. The van der Waals surface area contributed by atoms with Gasteiger partial charge in [-0.25, -0.2) is 4.39 Å². The van der Waals surface area contributed by atoms with Crippen LogP contribution in [-0.2, 0) is 7.05 Å². The Hall–Kier alpha value is -2.06. The normalized spacial score (nSPS) is 18.2. The number of carbonyl (C=O) groups is 2. The van der Waals surface area contributed by atoms with Gasteiger partial charge in [-0.15, -0.1) is 0 Å². The van der Waals surface area contributed by atoms with Crippen molar-refractivity contribution in [3.8, 4) is 0 Å². The number of hydrogen-bond donors (Lipinski definition) is 0. The number of hydrogen-bond acceptors (Lipinski definition) is 4. The predicted molar refractivity (Wildman–Crippen MR) is 98.6 cm³/mol. The molecule has 0 N–H and O–H groups in total. The van der Waals surface area contributed by atoms with Crippen molar-refractivity contribution in [3.63, 3.8) is 0 Å². The summed E-state index contributed by atoms with van der Waals surface area (Å²) < 4.78 is 15.2. The van der Waals surface area contributed by atoms with Crippen LogP contribution in [-0.4, -0.2) is 63.5 Å². The van der Waals surface area contributed by atoms with Crippen LogP contribution in [0.2, 0.25) is 0 Å². The third-order valence-corrected chi connectivity index (χ3v) is 5.07. The summed E-state index contributed by atoms with van der Waals surface area (Å²) in [6.45, 7) is 3.95. The Morgan fingerprint density at radius 1 is 1.27 bits per heavy atom. The third-order valence-electron chi connectivity index (χ3n) is 4.49. The van der Waals surface area contributed by atoms with Crippen molar-refractivity contribution in [2.45, 2.75) is 13.0 Å². The number of Topliss-reactive ketones (excluding diaryl/α,β-unsaturated/α-hetero) is 1. The Morgan fingerprint density at radius 3 is 2.54 bits per heavy atom. The fourth-order valence-corrected chi connectivity index (χ4v) is 3.69. The molecule has 26 heavy (non-hydrogen) atoms. The molecule has 1 aliphatic rings. The van der Waals surface area contributed by atoms with Crippen LogP contribution in [0, 0.1) is 5.82 Å². The van der Waals surface area contributed by atoms with Crippen LogP contribution >= 0.6 is 15.9 Å². The van der Waals surface area contributed by atoms with E-state index in [0.717, 1.165) is 0 Å². The highest BCUT2D eigenvalue weighted by Gasteiger charge is 2.31. The molecule has 0 radical (unpaired) electrons. The van der Waals surface area contributed by atoms with Gasteiger partial charge in [0.15, 0.2) is 11.5 Å². The number of rotatable bonds is 4. The molecule has 0 bridgehead atoms. The lowest BCUT2D eigenvalue weighted by Gasteiger charge is -2.39. The van der Waals surface area contributed by atoms with Gasteiger partial charge in [-0.3, -0.25) is 19.2 Å². The second-order valence-corrected chi connectivity index (χ2v) is 7.37. The average Bonchev–Trinajstić information content (AvgIpc) is 2.93. The van der Waals surface area contributed by atoms with Crippen molar-refractivity contribution in [3.05, 3.63) is 52.0 Å². The topological polar surface area (TPSA) is 58.4 Å². The third kappa shape index (κ3) is 4.02. The number of aryl methyl sites for hydroxylation is 1. The second kappa shape index (κ2) is 7.67. The van der Waals surface area contributed by atoms with Crippen LogP contribution in [0.4, 0.5) is 4.39 Å². The van der Waals surface area contributed by atoms with Gasteiger partial charge >= 0.3 is 0 Å². The maximum absolute atomic E-state index is 13.0. The van der Waals surface area contributed by atoms with E-state index in [9.17, 15) is 14.0 Å². The van der Waals surface area contributed by atoms with Crippen molar-refractivity contribution in [1.82, 2.24) is 19.6 Å². The summed E-state index contributed by atoms with van der Waals surface area (Å²) in [5.74, 6) is -0.526. The lowest BCUT2D eigenvalue weighted by molar-refractivity contribution is 0.0476. The quantitative estimate of drug-likeness (QED) is 0.709. The maximum Gasteiger partial charge on any atom is 0.275 e. The molecule has 1 amide bonds. The zero-order valence-electron chi connectivity index (χ0n) is 14.7. The van der Waals surface area contributed by atoms with E-state index < -0.39 is 0 Å². The number of benzene rings is 1. The maximum atomic E-state index is 13.0. The molecule has 0 spiro atoms. The highest BCUT2D eigenvalue weighted by Crippen LogP contribution is 2.20. The highest BCUT2D eigenvalue weighted by molar-refractivity contribution is 9.10. The zero-order valence-corrected chi connectivity index (χ0v) is 16.2. The first kappa shape index (κ1) is 18.7. The van der Waals surface area contributed by atoms with Crippen LogP contribution in [0.3, 0.4) is 0 Å². The molecule has 2 heterocycles. The Kier molecular flexibility index (Phi) is 5.52. The van der Waals surface area contributed by atoms with E-state index in [1.807, 2.05) is 11.8 Å². The molecule has 0 aliphatic carbocycles. The minimum Gasteiger partial charge on any atom is -0.332 e. The molecule has 1 aliphatic heterocycles. The number of carbonyl (C=O) groups excluding carboxylic acids is 2. The first-order valence-corrected chi connectivity index (χ1v) is 9.15. The monoisotopic (exact) mass is 422 g/mol. The first-order valence-electron chi connectivity index (χ1n) is 8.36. The van der Waals surface area contributed by atoms with Crippen LogP contribution in [0.25, 0.3) is 0 Å². The fourth-order valence-electron chi connectivity index (χ4n) is 3.15. The molecule has 2 aromatic rings. The minimum atomic E-state index is -0.358. The number of halogens is 2. The van der Waals surface area contributed by atoms with Gasteiger partial charge in [0.2, 0.25) is 0 Å². The van der Waals surface area contributed by atoms with Crippen LogP contribution in [0.1, 0.15) is 27.8 Å². The van der Waals surface area contributed by atoms with E-state index >= 15 is 0 Å². The van der Waals surface area contributed by atoms with Crippen LogP contribution < -0.4 is 0 Å². The van der Waals surface area contributed by atoms with E-state index in [2.05, 4.69) is 21.0 Å². The van der Waals surface area contributed by atoms with E-state index in [0.29, 0.717) is 35.4 Å². The number of aromatic nitrogens is 2. The van der Waals surface area contributed by atoms with Gasteiger partial charge in [-0.05, 0) is 47.1 Å². The van der Waals surface area contributed by atoms with Gasteiger partial charge < -0.3 is 4.90 Å². The standard InChI is InChI=1S/C18H20BrFN4O2/c1-12-9-23(11-16(25)13-3-5-14(20)6-4-13)7-8-24(12)18(26)17-15(19)10-22(2)21-17/h3-6,10,12H,7-9,11H2,1-2H3/t12-/m0/s1. The van der Waals surface area contributed by atoms with E-state index in [1.165, 1.54) is 24.3 Å². The lowest BCUT2D eigenvalue weighted by atomic mass is 10.1. The van der Waals surface area contributed by atoms with Crippen molar-refractivity contribution < 1.29 is 14.0 Å². The van der Waals surface area contributed by atoms with Gasteiger partial charge in [-0.1, -0.05) is 0 Å². The number of piperazine rings is 1. The molecule has 3 rings (SSSR count). The summed E-state index contributed by atoms with van der Waals surface area (Å²) >= 11 is 3.37. The second-order valence-electron chi connectivity index (χ2n) is 6.51. The fraction of sp³-hybridized carbons (Fsp3) is 0.389. The molecule has 0 saturated carbocycles. The zero-order chi connectivity index (χ0) is 18.8. The van der Waals surface area contributed by atoms with E-state index in [1.54, 1.807) is 22.8 Å². The molecular weight excluding hydrogens is 403 g/mol. The summed E-state index contributed by atoms with van der Waals surface area (Å²) in [7, 11) is 1.77. The molecule has 1 saturated heterocycles. The molecule has 0 unspecified atom stereocenters. The van der Waals surface area contributed by atoms with Crippen molar-refractivity contribution in [2.75, 3.05) is 26.2 Å². The molecule has 138 valence electrons. The first-order chi connectivity index (χ1) is 12.3. The molecule has 1 aromatic carbocycles. The van der Waals surface area contributed by atoms with Gasteiger partial charge in [0.25, 0.3) is 5.91 Å². The number of ketones is 1. The van der Waals surface area contributed by atoms with Crippen LogP contribution in [0.5, 0.6) is 0 Å². The average molecular weight is 423 g/mol. The number of amides is 1. The van der Waals surface area contributed by atoms with Gasteiger partial charge in [0.05, 0.1) is 11.0 Å². The minimum absolute atomic E-state index is 0.0360. The summed E-state index contributed by atoms with van der Waals surface area (Å²) in [5, 5.41) is 4.21. The Bertz CT molecular complexity index is 821. The Morgan fingerprint density at radius 2 is 1.96 bits per heavy atom. The van der Waals surface area contributed by atoms with Crippen molar-refractivity contribution >= 4 is 27.6 Å². The molecular formula is C18H20BrFN4O2. The SMILES string of the molecule is C[C@H]1CN(CC(=O)c2ccc(F)cc2)CCN1C(=O)c1nn(C)cc1Br. The van der Waals surface area contributed by atoms with E-state index in [-0.39, 0.29) is 30.1 Å². The molecule has 6 nitrogen and oxygen atoms in total. The van der Waals surface area contributed by atoms with Crippen molar-refractivity contribution in [1.29, 1.82) is 0 Å². The van der Waals surface area contributed by atoms with Gasteiger partial charge in [-0.2, -0.15) is 5.10 Å². The molecule has 1 fully saturated rings. The summed E-state index contributed by atoms with van der Waals surface area (Å²) in [6.07, 6.45) is 1.75. The highest BCUT2D eigenvalue weighted by atomic mass is 79.9. The van der Waals surface area contributed by atoms with Crippen LogP contribution in [0.15, 0.2) is 34.9 Å². The lowest BCUT2D eigenvalue weighted by Crippen LogP contribution is -2.55. The van der Waals surface area contributed by atoms with E-state index in [4.69, 9.17) is 0 Å². The Balaban J connectivity index is 1.61. The predicted octanol–water partition coefficient (Wildman–Crippen LogP) is 2.35. The van der Waals surface area contributed by atoms with Gasteiger partial charge in [0, 0.05) is 44.5 Å².